The molecule has 0 saturated carbocycles. The van der Waals surface area contributed by atoms with Gasteiger partial charge in [-0.05, 0) is 58.7 Å². The van der Waals surface area contributed by atoms with Gasteiger partial charge in [-0.1, -0.05) is 35.5 Å². The third kappa shape index (κ3) is 3.51. The van der Waals surface area contributed by atoms with Crippen LogP contribution < -0.4 is 0 Å². The predicted molar refractivity (Wildman–Crippen MR) is 80.4 cm³/mol. The Labute approximate surface area is 124 Å². The molecule has 94 valence electrons. The molecular weight excluding hydrogens is 332 g/mol. The van der Waals surface area contributed by atoms with Crippen molar-refractivity contribution >= 4 is 39.3 Å². The summed E-state index contributed by atoms with van der Waals surface area (Å²) in [6.07, 6.45) is -0.452. The zero-order chi connectivity index (χ0) is 13.1. The smallest absolute Gasteiger partial charge is 0.0762 e. The van der Waals surface area contributed by atoms with Gasteiger partial charge in [0.05, 0.1) is 6.10 Å². The van der Waals surface area contributed by atoms with Crippen LogP contribution in [-0.4, -0.2) is 5.11 Å². The van der Waals surface area contributed by atoms with E-state index in [4.69, 9.17) is 11.6 Å². The molecule has 0 aliphatic rings. The highest BCUT2D eigenvalue weighted by molar-refractivity contribution is 9.10. The molecule has 0 heterocycles. The van der Waals surface area contributed by atoms with Gasteiger partial charge in [-0.3, -0.25) is 0 Å². The Bertz CT molecular complexity index is 557. The van der Waals surface area contributed by atoms with Gasteiger partial charge in [0.25, 0.3) is 0 Å². The summed E-state index contributed by atoms with van der Waals surface area (Å²) in [7, 11) is 0. The van der Waals surface area contributed by atoms with Crippen LogP contribution in [0.2, 0.25) is 5.02 Å². The molecule has 0 amide bonds. The number of rotatable bonds is 3. The first-order valence-corrected chi connectivity index (χ1v) is 7.46. The summed E-state index contributed by atoms with van der Waals surface area (Å²) in [6, 6.07) is 13.6. The molecule has 18 heavy (non-hydrogen) atoms. The van der Waals surface area contributed by atoms with Crippen molar-refractivity contribution in [2.45, 2.75) is 22.8 Å². The molecule has 0 bridgehead atoms. The van der Waals surface area contributed by atoms with E-state index in [0.717, 1.165) is 24.8 Å². The molecule has 0 saturated heterocycles. The van der Waals surface area contributed by atoms with E-state index in [9.17, 15) is 5.11 Å². The van der Waals surface area contributed by atoms with Crippen LogP contribution >= 0.6 is 39.3 Å². The second kappa shape index (κ2) is 6.11. The lowest BCUT2D eigenvalue weighted by molar-refractivity contribution is 0.199. The third-order valence-corrected chi connectivity index (χ3v) is 4.68. The lowest BCUT2D eigenvalue weighted by Crippen LogP contribution is -1.90. The molecule has 0 unspecified atom stereocenters. The molecule has 4 heteroatoms. The Kier molecular flexibility index (Phi) is 4.73. The summed E-state index contributed by atoms with van der Waals surface area (Å²) in [5.74, 6) is 0. The summed E-state index contributed by atoms with van der Waals surface area (Å²) in [5.41, 5.74) is 0.900. The zero-order valence-electron chi connectivity index (χ0n) is 9.73. The molecular formula is C14H12BrClOS. The fourth-order valence-corrected chi connectivity index (χ4v) is 3.29. The number of benzene rings is 2. The Balaban J connectivity index is 2.24. The SMILES string of the molecule is C[C@@H](O)c1ccc(Sc2cccc(Cl)c2)c(Br)c1. The first kappa shape index (κ1) is 13.9. The summed E-state index contributed by atoms with van der Waals surface area (Å²) < 4.78 is 0.978. The van der Waals surface area contributed by atoms with E-state index in [1.54, 1.807) is 18.7 Å². The van der Waals surface area contributed by atoms with Crippen molar-refractivity contribution in [3.63, 3.8) is 0 Å². The van der Waals surface area contributed by atoms with Gasteiger partial charge in [0.1, 0.15) is 0 Å². The van der Waals surface area contributed by atoms with E-state index in [1.807, 2.05) is 42.5 Å². The molecule has 0 aromatic heterocycles. The number of aliphatic hydroxyl groups excluding tert-OH is 1. The minimum Gasteiger partial charge on any atom is -0.389 e. The molecule has 1 N–H and O–H groups in total. The summed E-state index contributed by atoms with van der Waals surface area (Å²) in [6.45, 7) is 1.76. The molecule has 0 fully saturated rings. The van der Waals surface area contributed by atoms with Gasteiger partial charge < -0.3 is 5.11 Å². The molecule has 1 nitrogen and oxygen atoms in total. The van der Waals surface area contributed by atoms with E-state index in [2.05, 4.69) is 15.9 Å². The van der Waals surface area contributed by atoms with E-state index >= 15 is 0 Å². The van der Waals surface area contributed by atoms with E-state index in [-0.39, 0.29) is 0 Å². The highest BCUT2D eigenvalue weighted by Gasteiger charge is 2.07. The van der Waals surface area contributed by atoms with Crippen molar-refractivity contribution in [3.05, 3.63) is 57.5 Å². The average molecular weight is 344 g/mol. The van der Waals surface area contributed by atoms with Crippen molar-refractivity contribution < 1.29 is 5.11 Å². The minimum atomic E-state index is -0.452. The van der Waals surface area contributed by atoms with Gasteiger partial charge in [-0.2, -0.15) is 0 Å². The Hall–Kier alpha value is -0.480. The van der Waals surface area contributed by atoms with Crippen molar-refractivity contribution in [2.75, 3.05) is 0 Å². The van der Waals surface area contributed by atoms with Gasteiger partial charge in [0.2, 0.25) is 0 Å². The minimum absolute atomic E-state index is 0.452. The highest BCUT2D eigenvalue weighted by Crippen LogP contribution is 2.35. The number of hydrogen-bond acceptors (Lipinski definition) is 2. The highest BCUT2D eigenvalue weighted by atomic mass is 79.9. The number of aliphatic hydroxyl groups is 1. The third-order valence-electron chi connectivity index (χ3n) is 2.46. The van der Waals surface area contributed by atoms with Gasteiger partial charge in [-0.25, -0.2) is 0 Å². The average Bonchev–Trinajstić information content (AvgIpc) is 2.31. The Morgan fingerprint density at radius 2 is 2.00 bits per heavy atom. The fourth-order valence-electron chi connectivity index (χ4n) is 1.52. The molecule has 2 aromatic rings. The second-order valence-corrected chi connectivity index (χ2v) is 6.33. The maximum atomic E-state index is 9.52. The zero-order valence-corrected chi connectivity index (χ0v) is 12.9. The lowest BCUT2D eigenvalue weighted by atomic mass is 10.1. The van der Waals surface area contributed by atoms with Crippen LogP contribution in [-0.2, 0) is 0 Å². The summed E-state index contributed by atoms with van der Waals surface area (Å²) in [5, 5.41) is 10.3. The van der Waals surface area contributed by atoms with Crippen LogP contribution in [0.25, 0.3) is 0 Å². The molecule has 0 aliphatic carbocycles. The van der Waals surface area contributed by atoms with Crippen LogP contribution in [0.3, 0.4) is 0 Å². The molecule has 1 atom stereocenters. The summed E-state index contributed by atoms with van der Waals surface area (Å²) in [4.78, 5) is 2.19. The van der Waals surface area contributed by atoms with Crippen molar-refractivity contribution in [3.8, 4) is 0 Å². The van der Waals surface area contributed by atoms with Gasteiger partial charge in [0, 0.05) is 19.3 Å². The van der Waals surface area contributed by atoms with Crippen molar-refractivity contribution in [1.29, 1.82) is 0 Å². The Morgan fingerprint density at radius 3 is 2.61 bits per heavy atom. The predicted octanol–water partition coefficient (Wildman–Crippen LogP) is 5.31. The standard InChI is InChI=1S/C14H12BrClOS/c1-9(17)10-5-6-14(13(15)7-10)18-12-4-2-3-11(16)8-12/h2-9,17H,1H3/t9-/m1/s1. The number of hydrogen-bond donors (Lipinski definition) is 1. The molecule has 2 rings (SSSR count). The van der Waals surface area contributed by atoms with Crippen LogP contribution in [0, 0.1) is 0 Å². The fraction of sp³-hybridized carbons (Fsp3) is 0.143. The monoisotopic (exact) mass is 342 g/mol. The van der Waals surface area contributed by atoms with Crippen LogP contribution in [0.5, 0.6) is 0 Å². The topological polar surface area (TPSA) is 20.2 Å². The van der Waals surface area contributed by atoms with Crippen LogP contribution in [0.1, 0.15) is 18.6 Å². The quantitative estimate of drug-likeness (QED) is 0.815. The Morgan fingerprint density at radius 1 is 1.22 bits per heavy atom. The van der Waals surface area contributed by atoms with Gasteiger partial charge in [0.15, 0.2) is 0 Å². The molecule has 0 spiro atoms. The molecule has 2 aromatic carbocycles. The normalized spacial score (nSPS) is 12.4. The first-order chi connectivity index (χ1) is 8.56. The van der Waals surface area contributed by atoms with Crippen LogP contribution in [0.4, 0.5) is 0 Å². The summed E-state index contributed by atoms with van der Waals surface area (Å²) >= 11 is 11.1. The number of halogens is 2. The first-order valence-electron chi connectivity index (χ1n) is 5.47. The van der Waals surface area contributed by atoms with Crippen molar-refractivity contribution in [1.82, 2.24) is 0 Å². The lowest BCUT2D eigenvalue weighted by Gasteiger charge is -2.09. The van der Waals surface area contributed by atoms with E-state index < -0.39 is 6.10 Å². The second-order valence-electron chi connectivity index (χ2n) is 3.93. The maximum absolute atomic E-state index is 9.52. The van der Waals surface area contributed by atoms with E-state index in [0.29, 0.717) is 0 Å². The molecule has 0 radical (unpaired) electrons. The van der Waals surface area contributed by atoms with Gasteiger partial charge >= 0.3 is 0 Å². The van der Waals surface area contributed by atoms with E-state index in [1.165, 1.54) is 0 Å². The molecule has 0 aliphatic heterocycles. The maximum Gasteiger partial charge on any atom is 0.0762 e. The van der Waals surface area contributed by atoms with Crippen molar-refractivity contribution in [2.24, 2.45) is 0 Å². The van der Waals surface area contributed by atoms with Gasteiger partial charge in [-0.15, -0.1) is 0 Å². The van der Waals surface area contributed by atoms with Crippen LogP contribution in [0.15, 0.2) is 56.7 Å². The largest absolute Gasteiger partial charge is 0.389 e.